The van der Waals surface area contributed by atoms with Crippen LogP contribution >= 0.6 is 0 Å². The minimum Gasteiger partial charge on any atom is -0.480 e. The topological polar surface area (TPSA) is 83.6 Å². The summed E-state index contributed by atoms with van der Waals surface area (Å²) in [5.74, 6) is -1.23. The lowest BCUT2D eigenvalue weighted by Crippen LogP contribution is -2.49. The highest BCUT2D eigenvalue weighted by atomic mass is 16.4. The molecule has 0 aliphatic carbocycles. The van der Waals surface area contributed by atoms with Crippen molar-refractivity contribution in [3.05, 3.63) is 12.7 Å². The molecule has 0 aromatic rings. The Hall–Kier alpha value is -1.36. The molecule has 1 amide bonds. The molecule has 0 bridgehead atoms. The average Bonchev–Trinajstić information content (AvgIpc) is 2.30. The fourth-order valence-corrected chi connectivity index (χ4v) is 1.80. The third kappa shape index (κ3) is 3.85. The molecule has 0 radical (unpaired) electrons. The van der Waals surface area contributed by atoms with E-state index in [2.05, 4.69) is 6.58 Å². The lowest BCUT2D eigenvalue weighted by atomic mass is 9.81. The first-order valence-electron chi connectivity index (χ1n) is 5.79. The van der Waals surface area contributed by atoms with Crippen molar-refractivity contribution in [3.8, 4) is 0 Å². The number of hydrogen-bond donors (Lipinski definition) is 2. The van der Waals surface area contributed by atoms with E-state index in [1.54, 1.807) is 0 Å². The fourth-order valence-electron chi connectivity index (χ4n) is 1.80. The molecule has 0 rings (SSSR count). The molecular formula is C12H22N2O3. The molecule has 17 heavy (non-hydrogen) atoms. The lowest BCUT2D eigenvalue weighted by Gasteiger charge is -2.34. The number of carbonyl (C=O) groups is 2. The van der Waals surface area contributed by atoms with Crippen molar-refractivity contribution in [2.24, 2.45) is 11.1 Å². The number of carbonyl (C=O) groups excluding carboxylic acids is 1. The van der Waals surface area contributed by atoms with Crippen LogP contribution in [0.15, 0.2) is 12.7 Å². The summed E-state index contributed by atoms with van der Waals surface area (Å²) < 4.78 is 0. The van der Waals surface area contributed by atoms with E-state index in [1.807, 2.05) is 13.8 Å². The first-order chi connectivity index (χ1) is 7.97. The van der Waals surface area contributed by atoms with E-state index in [-0.39, 0.29) is 25.5 Å². The molecule has 0 aliphatic rings. The number of amides is 1. The third-order valence-corrected chi connectivity index (χ3v) is 3.16. The van der Waals surface area contributed by atoms with Crippen LogP contribution in [0.2, 0.25) is 0 Å². The van der Waals surface area contributed by atoms with Gasteiger partial charge in [-0.1, -0.05) is 19.9 Å². The number of hydrogen-bond acceptors (Lipinski definition) is 3. The minimum atomic E-state index is -1.03. The number of rotatable bonds is 8. The predicted molar refractivity (Wildman–Crippen MR) is 66.5 cm³/mol. The van der Waals surface area contributed by atoms with E-state index in [9.17, 15) is 9.59 Å². The van der Waals surface area contributed by atoms with Gasteiger partial charge in [-0.25, -0.2) is 0 Å². The molecule has 0 atom stereocenters. The summed E-state index contributed by atoms with van der Waals surface area (Å²) in [6.07, 6.45) is 2.73. The summed E-state index contributed by atoms with van der Waals surface area (Å²) in [7, 11) is 0. The van der Waals surface area contributed by atoms with Gasteiger partial charge in [0, 0.05) is 13.1 Å². The summed E-state index contributed by atoms with van der Waals surface area (Å²) in [4.78, 5) is 24.3. The minimum absolute atomic E-state index is 0.202. The highest BCUT2D eigenvalue weighted by Gasteiger charge is 2.37. The molecular weight excluding hydrogens is 220 g/mol. The Balaban J connectivity index is 5.02. The summed E-state index contributed by atoms with van der Waals surface area (Å²) in [5.41, 5.74) is 5.02. The van der Waals surface area contributed by atoms with Crippen molar-refractivity contribution < 1.29 is 14.7 Å². The van der Waals surface area contributed by atoms with Gasteiger partial charge in [0.25, 0.3) is 0 Å². The van der Waals surface area contributed by atoms with Crippen LogP contribution < -0.4 is 5.73 Å². The van der Waals surface area contributed by atoms with E-state index < -0.39 is 11.4 Å². The molecule has 0 saturated carbocycles. The molecule has 0 aromatic carbocycles. The molecule has 0 aliphatic heterocycles. The predicted octanol–water partition coefficient (Wildman–Crippen LogP) is 0.851. The van der Waals surface area contributed by atoms with Gasteiger partial charge < -0.3 is 15.7 Å². The van der Waals surface area contributed by atoms with Crippen LogP contribution in [0.4, 0.5) is 0 Å². The van der Waals surface area contributed by atoms with Crippen LogP contribution in [0.3, 0.4) is 0 Å². The first-order valence-corrected chi connectivity index (χ1v) is 5.79. The van der Waals surface area contributed by atoms with E-state index in [0.29, 0.717) is 12.8 Å². The molecule has 0 unspecified atom stereocenters. The van der Waals surface area contributed by atoms with Gasteiger partial charge >= 0.3 is 5.97 Å². The van der Waals surface area contributed by atoms with Gasteiger partial charge in [-0.3, -0.25) is 9.59 Å². The van der Waals surface area contributed by atoms with E-state index in [4.69, 9.17) is 10.8 Å². The number of aliphatic carboxylic acids is 1. The maximum atomic E-state index is 12.3. The average molecular weight is 242 g/mol. The zero-order valence-corrected chi connectivity index (χ0v) is 10.6. The molecule has 98 valence electrons. The standard InChI is InChI=1S/C12H22N2O3/c1-4-7-14(8-10(15)16)11(17)12(5-2,6-3)9-13/h4H,1,5-9,13H2,2-3H3,(H,15,16). The second-order valence-electron chi connectivity index (χ2n) is 4.06. The highest BCUT2D eigenvalue weighted by molar-refractivity contribution is 5.86. The summed E-state index contributed by atoms with van der Waals surface area (Å²) >= 11 is 0. The molecule has 5 heteroatoms. The summed E-state index contributed by atoms with van der Waals surface area (Å²) in [6, 6.07) is 0. The van der Waals surface area contributed by atoms with Gasteiger partial charge in [-0.15, -0.1) is 6.58 Å². The van der Waals surface area contributed by atoms with Crippen molar-refractivity contribution in [2.75, 3.05) is 19.6 Å². The second-order valence-corrected chi connectivity index (χ2v) is 4.06. The Morgan fingerprint density at radius 2 is 1.94 bits per heavy atom. The molecule has 5 nitrogen and oxygen atoms in total. The summed E-state index contributed by atoms with van der Waals surface area (Å²) in [5, 5.41) is 8.78. The van der Waals surface area contributed by atoms with Gasteiger partial charge in [0.15, 0.2) is 0 Å². The fraction of sp³-hybridized carbons (Fsp3) is 0.667. The summed E-state index contributed by atoms with van der Waals surface area (Å²) in [6.45, 7) is 7.46. The Kier molecular flexibility index (Phi) is 6.50. The first kappa shape index (κ1) is 15.6. The maximum Gasteiger partial charge on any atom is 0.323 e. The van der Waals surface area contributed by atoms with Gasteiger partial charge in [-0.05, 0) is 12.8 Å². The van der Waals surface area contributed by atoms with Crippen molar-refractivity contribution in [1.82, 2.24) is 4.90 Å². The van der Waals surface area contributed by atoms with Crippen molar-refractivity contribution in [1.29, 1.82) is 0 Å². The number of carboxylic acid groups (broad SMARTS) is 1. The van der Waals surface area contributed by atoms with Crippen LogP contribution in [0.1, 0.15) is 26.7 Å². The second kappa shape index (κ2) is 7.06. The molecule has 0 heterocycles. The van der Waals surface area contributed by atoms with Crippen LogP contribution in [0.25, 0.3) is 0 Å². The Bertz CT molecular complexity index is 277. The van der Waals surface area contributed by atoms with E-state index in [0.717, 1.165) is 0 Å². The number of carboxylic acids is 1. The largest absolute Gasteiger partial charge is 0.480 e. The van der Waals surface area contributed by atoms with Crippen molar-refractivity contribution >= 4 is 11.9 Å². The monoisotopic (exact) mass is 242 g/mol. The Morgan fingerprint density at radius 3 is 2.24 bits per heavy atom. The molecule has 0 spiro atoms. The highest BCUT2D eigenvalue weighted by Crippen LogP contribution is 2.27. The molecule has 0 saturated heterocycles. The van der Waals surface area contributed by atoms with Crippen molar-refractivity contribution in [2.45, 2.75) is 26.7 Å². The van der Waals surface area contributed by atoms with Crippen LogP contribution in [0, 0.1) is 5.41 Å². The van der Waals surface area contributed by atoms with Crippen LogP contribution in [0.5, 0.6) is 0 Å². The number of nitrogens with two attached hydrogens (primary N) is 1. The SMILES string of the molecule is C=CCN(CC(=O)O)C(=O)C(CC)(CC)CN. The normalized spacial score (nSPS) is 11.0. The van der Waals surface area contributed by atoms with Gasteiger partial charge in [0.2, 0.25) is 5.91 Å². The Labute approximate surface area is 102 Å². The van der Waals surface area contributed by atoms with E-state index >= 15 is 0 Å². The Morgan fingerprint density at radius 1 is 1.41 bits per heavy atom. The third-order valence-electron chi connectivity index (χ3n) is 3.16. The zero-order chi connectivity index (χ0) is 13.5. The zero-order valence-electron chi connectivity index (χ0n) is 10.6. The molecule has 0 aromatic heterocycles. The van der Waals surface area contributed by atoms with Crippen LogP contribution in [-0.2, 0) is 9.59 Å². The lowest BCUT2D eigenvalue weighted by molar-refractivity contribution is -0.149. The van der Waals surface area contributed by atoms with E-state index in [1.165, 1.54) is 11.0 Å². The smallest absolute Gasteiger partial charge is 0.323 e. The van der Waals surface area contributed by atoms with Crippen molar-refractivity contribution in [3.63, 3.8) is 0 Å². The van der Waals surface area contributed by atoms with Gasteiger partial charge in [0.05, 0.1) is 5.41 Å². The number of nitrogens with zero attached hydrogens (tertiary/aromatic N) is 1. The van der Waals surface area contributed by atoms with Crippen LogP contribution in [-0.4, -0.2) is 41.5 Å². The van der Waals surface area contributed by atoms with Gasteiger partial charge in [0.1, 0.15) is 6.54 Å². The maximum absolute atomic E-state index is 12.3. The van der Waals surface area contributed by atoms with Gasteiger partial charge in [-0.2, -0.15) is 0 Å². The molecule has 0 fully saturated rings. The molecule has 3 N–H and O–H groups in total. The quantitative estimate of drug-likeness (QED) is 0.618.